The van der Waals surface area contributed by atoms with Crippen LogP contribution in [-0.4, -0.2) is 12.1 Å². The molecule has 0 aliphatic heterocycles. The van der Waals surface area contributed by atoms with Crippen LogP contribution in [-0.2, 0) is 0 Å². The second-order valence-electron chi connectivity index (χ2n) is 5.78. The SMILES string of the molecule is Cc1cc(OC2CCCCC2N)ccc1C(C)C. The van der Waals surface area contributed by atoms with E-state index < -0.39 is 0 Å². The number of ether oxygens (including phenoxy) is 1. The second-order valence-corrected chi connectivity index (χ2v) is 5.78. The van der Waals surface area contributed by atoms with E-state index in [-0.39, 0.29) is 12.1 Å². The van der Waals surface area contributed by atoms with Crippen LogP contribution in [0.2, 0.25) is 0 Å². The summed E-state index contributed by atoms with van der Waals surface area (Å²) >= 11 is 0. The highest BCUT2D eigenvalue weighted by atomic mass is 16.5. The smallest absolute Gasteiger partial charge is 0.120 e. The van der Waals surface area contributed by atoms with Gasteiger partial charge in [-0.25, -0.2) is 0 Å². The van der Waals surface area contributed by atoms with Gasteiger partial charge in [-0.2, -0.15) is 0 Å². The zero-order valence-corrected chi connectivity index (χ0v) is 11.8. The van der Waals surface area contributed by atoms with Crippen LogP contribution in [0.3, 0.4) is 0 Å². The van der Waals surface area contributed by atoms with Gasteiger partial charge in [0, 0.05) is 6.04 Å². The van der Waals surface area contributed by atoms with E-state index in [0.717, 1.165) is 18.6 Å². The van der Waals surface area contributed by atoms with Gasteiger partial charge in [-0.15, -0.1) is 0 Å². The number of hydrogen-bond acceptors (Lipinski definition) is 2. The maximum absolute atomic E-state index is 6.12. The number of hydrogen-bond donors (Lipinski definition) is 1. The largest absolute Gasteiger partial charge is 0.489 e. The van der Waals surface area contributed by atoms with Crippen LogP contribution in [0.25, 0.3) is 0 Å². The van der Waals surface area contributed by atoms with Crippen LogP contribution in [0.5, 0.6) is 5.75 Å². The van der Waals surface area contributed by atoms with Gasteiger partial charge in [0.15, 0.2) is 0 Å². The summed E-state index contributed by atoms with van der Waals surface area (Å²) in [4.78, 5) is 0. The lowest BCUT2D eigenvalue weighted by molar-refractivity contribution is 0.132. The van der Waals surface area contributed by atoms with Crippen molar-refractivity contribution in [3.05, 3.63) is 29.3 Å². The number of rotatable bonds is 3. The third kappa shape index (κ3) is 3.05. The number of benzene rings is 1. The molecule has 2 N–H and O–H groups in total. The molecule has 0 radical (unpaired) electrons. The van der Waals surface area contributed by atoms with Crippen molar-refractivity contribution >= 4 is 0 Å². The van der Waals surface area contributed by atoms with Crippen molar-refractivity contribution in [2.45, 2.75) is 64.5 Å². The zero-order chi connectivity index (χ0) is 13.1. The topological polar surface area (TPSA) is 35.2 Å². The zero-order valence-electron chi connectivity index (χ0n) is 11.8. The van der Waals surface area contributed by atoms with Gasteiger partial charge in [0.25, 0.3) is 0 Å². The molecule has 2 atom stereocenters. The molecule has 0 bridgehead atoms. The molecule has 2 unspecified atom stereocenters. The average Bonchev–Trinajstić information content (AvgIpc) is 2.32. The Morgan fingerprint density at radius 1 is 1.22 bits per heavy atom. The summed E-state index contributed by atoms with van der Waals surface area (Å²) in [7, 11) is 0. The third-order valence-corrected chi connectivity index (χ3v) is 3.90. The van der Waals surface area contributed by atoms with Gasteiger partial charge >= 0.3 is 0 Å². The van der Waals surface area contributed by atoms with E-state index in [1.165, 1.54) is 24.0 Å². The molecule has 1 fully saturated rings. The first kappa shape index (κ1) is 13.4. The molecule has 0 aromatic heterocycles. The predicted molar refractivity (Wildman–Crippen MR) is 76.1 cm³/mol. The quantitative estimate of drug-likeness (QED) is 0.882. The van der Waals surface area contributed by atoms with Crippen molar-refractivity contribution in [3.8, 4) is 5.75 Å². The van der Waals surface area contributed by atoms with Crippen LogP contribution in [0, 0.1) is 6.92 Å². The van der Waals surface area contributed by atoms with Gasteiger partial charge in [0.1, 0.15) is 11.9 Å². The fraction of sp³-hybridized carbons (Fsp3) is 0.625. The van der Waals surface area contributed by atoms with Crippen molar-refractivity contribution in [1.82, 2.24) is 0 Å². The van der Waals surface area contributed by atoms with E-state index >= 15 is 0 Å². The van der Waals surface area contributed by atoms with E-state index in [0.29, 0.717) is 5.92 Å². The molecule has 1 aliphatic carbocycles. The Morgan fingerprint density at radius 3 is 2.56 bits per heavy atom. The highest BCUT2D eigenvalue weighted by Crippen LogP contribution is 2.27. The molecule has 18 heavy (non-hydrogen) atoms. The van der Waals surface area contributed by atoms with Crippen LogP contribution in [0.15, 0.2) is 18.2 Å². The van der Waals surface area contributed by atoms with Crippen LogP contribution in [0.4, 0.5) is 0 Å². The van der Waals surface area contributed by atoms with E-state index in [1.807, 2.05) is 0 Å². The number of nitrogens with two attached hydrogens (primary N) is 1. The fourth-order valence-electron chi connectivity index (χ4n) is 2.82. The lowest BCUT2D eigenvalue weighted by atomic mass is 9.93. The number of aryl methyl sites for hydroxylation is 1. The third-order valence-electron chi connectivity index (χ3n) is 3.90. The molecule has 0 spiro atoms. The highest BCUT2D eigenvalue weighted by molar-refractivity contribution is 5.36. The lowest BCUT2D eigenvalue weighted by Gasteiger charge is -2.29. The lowest BCUT2D eigenvalue weighted by Crippen LogP contribution is -2.41. The molecular formula is C16H25NO. The molecule has 0 heterocycles. The van der Waals surface area contributed by atoms with E-state index in [9.17, 15) is 0 Å². The normalized spacial score (nSPS) is 24.3. The van der Waals surface area contributed by atoms with Crippen LogP contribution >= 0.6 is 0 Å². The fourth-order valence-corrected chi connectivity index (χ4v) is 2.82. The Hall–Kier alpha value is -1.02. The molecule has 2 nitrogen and oxygen atoms in total. The van der Waals surface area contributed by atoms with Crippen LogP contribution in [0.1, 0.15) is 56.6 Å². The second kappa shape index (κ2) is 5.75. The van der Waals surface area contributed by atoms with Crippen molar-refractivity contribution in [3.63, 3.8) is 0 Å². The average molecular weight is 247 g/mol. The molecule has 1 aromatic rings. The Kier molecular flexibility index (Phi) is 4.28. The van der Waals surface area contributed by atoms with Crippen molar-refractivity contribution in [1.29, 1.82) is 0 Å². The predicted octanol–water partition coefficient (Wildman–Crippen LogP) is 3.77. The minimum absolute atomic E-state index is 0.197. The first-order valence-corrected chi connectivity index (χ1v) is 7.10. The van der Waals surface area contributed by atoms with Crippen molar-refractivity contribution in [2.24, 2.45) is 5.73 Å². The Morgan fingerprint density at radius 2 is 1.94 bits per heavy atom. The summed E-state index contributed by atoms with van der Waals surface area (Å²) in [6.45, 7) is 6.60. The highest BCUT2D eigenvalue weighted by Gasteiger charge is 2.23. The molecule has 1 aromatic carbocycles. The molecule has 1 aliphatic rings. The monoisotopic (exact) mass is 247 g/mol. The Labute approximate surface area is 111 Å². The van der Waals surface area contributed by atoms with Gasteiger partial charge in [0.2, 0.25) is 0 Å². The summed E-state index contributed by atoms with van der Waals surface area (Å²) in [6, 6.07) is 6.62. The first-order chi connectivity index (χ1) is 8.58. The first-order valence-electron chi connectivity index (χ1n) is 7.10. The van der Waals surface area contributed by atoms with E-state index in [1.54, 1.807) is 0 Å². The van der Waals surface area contributed by atoms with Gasteiger partial charge in [-0.05, 0) is 55.4 Å². The maximum atomic E-state index is 6.12. The van der Waals surface area contributed by atoms with E-state index in [2.05, 4.69) is 39.0 Å². The van der Waals surface area contributed by atoms with E-state index in [4.69, 9.17) is 10.5 Å². The van der Waals surface area contributed by atoms with Gasteiger partial charge in [-0.3, -0.25) is 0 Å². The van der Waals surface area contributed by atoms with Crippen molar-refractivity contribution < 1.29 is 4.74 Å². The molecule has 2 heteroatoms. The van der Waals surface area contributed by atoms with Gasteiger partial charge in [0.05, 0.1) is 0 Å². The summed E-state index contributed by atoms with van der Waals surface area (Å²) in [5.41, 5.74) is 8.83. The molecule has 100 valence electrons. The van der Waals surface area contributed by atoms with Crippen LogP contribution < -0.4 is 10.5 Å². The molecule has 2 rings (SSSR count). The maximum Gasteiger partial charge on any atom is 0.120 e. The van der Waals surface area contributed by atoms with Gasteiger partial charge < -0.3 is 10.5 Å². The minimum atomic E-state index is 0.197. The summed E-state index contributed by atoms with van der Waals surface area (Å²) in [6.07, 6.45) is 4.86. The molecule has 1 saturated carbocycles. The van der Waals surface area contributed by atoms with Crippen molar-refractivity contribution in [2.75, 3.05) is 0 Å². The van der Waals surface area contributed by atoms with Gasteiger partial charge in [-0.1, -0.05) is 26.3 Å². The summed E-state index contributed by atoms with van der Waals surface area (Å²) in [5.74, 6) is 1.54. The molecule has 0 amide bonds. The standard InChI is InChI=1S/C16H25NO/c1-11(2)14-9-8-13(10-12(14)3)18-16-7-5-4-6-15(16)17/h8-11,15-16H,4-7,17H2,1-3H3. The summed E-state index contributed by atoms with van der Waals surface area (Å²) in [5, 5.41) is 0. The Bertz CT molecular complexity index is 400. The molecular weight excluding hydrogens is 222 g/mol. The Balaban J connectivity index is 2.07. The minimum Gasteiger partial charge on any atom is -0.489 e. The summed E-state index contributed by atoms with van der Waals surface area (Å²) < 4.78 is 6.06. The molecule has 0 saturated heterocycles.